The van der Waals surface area contributed by atoms with Gasteiger partial charge in [0.1, 0.15) is 0 Å². The summed E-state index contributed by atoms with van der Waals surface area (Å²) in [4.78, 5) is 11.7. The van der Waals surface area contributed by atoms with Crippen molar-refractivity contribution in [3.8, 4) is 34.5 Å². The zero-order chi connectivity index (χ0) is 26.4. The maximum absolute atomic E-state index is 11.7. The molecule has 0 radical (unpaired) electrons. The van der Waals surface area contributed by atoms with Crippen molar-refractivity contribution in [1.29, 1.82) is 0 Å². The molecule has 1 aliphatic carbocycles. The van der Waals surface area contributed by atoms with Crippen molar-refractivity contribution in [2.75, 3.05) is 48.3 Å². The zero-order valence-electron chi connectivity index (χ0n) is 21.8. The third kappa shape index (κ3) is 5.41. The number of aromatic hydroxyl groups is 2. The van der Waals surface area contributed by atoms with Crippen LogP contribution in [0.25, 0.3) is 0 Å². The van der Waals surface area contributed by atoms with Crippen LogP contribution in [-0.2, 0) is 20.7 Å². The molecular weight excluding hydrogens is 468 g/mol. The first kappa shape index (κ1) is 27.3. The second-order valence-electron chi connectivity index (χ2n) is 8.79. The number of methoxy groups -OCH3 is 4. The number of phenols is 2. The van der Waals surface area contributed by atoms with Gasteiger partial charge in [0.2, 0.25) is 11.5 Å². The summed E-state index contributed by atoms with van der Waals surface area (Å²) in [7, 11) is 5.91. The summed E-state index contributed by atoms with van der Waals surface area (Å²) in [6.45, 7) is 4.57. The number of esters is 1. The molecule has 2 aromatic rings. The molecule has 0 aliphatic heterocycles. The van der Waals surface area contributed by atoms with Crippen LogP contribution in [0.3, 0.4) is 0 Å². The molecule has 0 aromatic heterocycles. The third-order valence-electron chi connectivity index (χ3n) is 6.62. The highest BCUT2D eigenvalue weighted by Gasteiger charge is 2.42. The highest BCUT2D eigenvalue weighted by atomic mass is 16.5. The molecule has 0 amide bonds. The van der Waals surface area contributed by atoms with E-state index in [9.17, 15) is 15.0 Å². The number of carbonyl (C=O) groups excluding carboxylic acids is 1. The van der Waals surface area contributed by atoms with Crippen molar-refractivity contribution in [2.45, 2.75) is 32.6 Å². The molecule has 3 rings (SSSR count). The van der Waals surface area contributed by atoms with Gasteiger partial charge in [0, 0.05) is 30.9 Å². The lowest BCUT2D eigenvalue weighted by Crippen LogP contribution is -2.37. The van der Waals surface area contributed by atoms with Gasteiger partial charge in [0.15, 0.2) is 23.0 Å². The van der Waals surface area contributed by atoms with Crippen molar-refractivity contribution in [3.63, 3.8) is 0 Å². The molecule has 198 valence electrons. The minimum Gasteiger partial charge on any atom is -0.502 e. The van der Waals surface area contributed by atoms with Crippen molar-refractivity contribution >= 4 is 5.97 Å². The molecule has 0 fully saturated rings. The van der Waals surface area contributed by atoms with E-state index in [1.807, 2.05) is 6.92 Å². The fourth-order valence-electron chi connectivity index (χ4n) is 4.99. The number of rotatable bonds is 11. The standard InChI is InChI=1S/C27H36O9/c1-7-8-35-14-19-18(13-36-15(2)28)9-16-10-22(33-5)26(30)27(34-6)24(16)23(19)17-11-20(31-3)25(29)21(12-17)32-4/h10-12,18-19,23,29-30H,7-9,13-14H2,1-6H3/t18-,19-,23+/m1/s1. The Kier molecular flexibility index (Phi) is 9.14. The first-order valence-electron chi connectivity index (χ1n) is 11.9. The van der Waals surface area contributed by atoms with Gasteiger partial charge in [0.25, 0.3) is 0 Å². The second kappa shape index (κ2) is 12.1. The molecule has 0 unspecified atom stereocenters. The van der Waals surface area contributed by atoms with E-state index in [1.54, 1.807) is 18.2 Å². The van der Waals surface area contributed by atoms with Crippen LogP contribution in [0.1, 0.15) is 42.9 Å². The summed E-state index contributed by atoms with van der Waals surface area (Å²) in [5.74, 6) is -0.134. The number of fused-ring (bicyclic) bond motifs is 1. The van der Waals surface area contributed by atoms with E-state index in [0.29, 0.717) is 25.4 Å². The Bertz CT molecular complexity index is 1040. The fraction of sp³-hybridized carbons (Fsp3) is 0.519. The smallest absolute Gasteiger partial charge is 0.302 e. The Morgan fingerprint density at radius 1 is 0.917 bits per heavy atom. The van der Waals surface area contributed by atoms with Gasteiger partial charge in [-0.2, -0.15) is 0 Å². The Hall–Kier alpha value is -3.33. The number of hydrogen-bond donors (Lipinski definition) is 2. The van der Waals surface area contributed by atoms with Gasteiger partial charge < -0.3 is 38.6 Å². The molecule has 2 aromatic carbocycles. The molecule has 1 aliphatic rings. The molecule has 0 spiro atoms. The van der Waals surface area contributed by atoms with E-state index in [0.717, 1.165) is 23.1 Å². The Balaban J connectivity index is 2.30. The molecular formula is C27H36O9. The van der Waals surface area contributed by atoms with E-state index in [2.05, 4.69) is 0 Å². The number of hydrogen-bond acceptors (Lipinski definition) is 9. The molecule has 0 saturated heterocycles. The average Bonchev–Trinajstić information content (AvgIpc) is 2.87. The van der Waals surface area contributed by atoms with Gasteiger partial charge in [-0.15, -0.1) is 0 Å². The molecule has 3 atom stereocenters. The minimum absolute atomic E-state index is 0.104. The Labute approximate surface area is 211 Å². The lowest BCUT2D eigenvalue weighted by molar-refractivity contribution is -0.143. The van der Waals surface area contributed by atoms with E-state index in [-0.39, 0.29) is 59.1 Å². The molecule has 0 bridgehead atoms. The second-order valence-corrected chi connectivity index (χ2v) is 8.79. The number of benzene rings is 2. The molecule has 0 heterocycles. The van der Waals surface area contributed by atoms with Gasteiger partial charge >= 0.3 is 5.97 Å². The lowest BCUT2D eigenvalue weighted by atomic mass is 9.66. The van der Waals surface area contributed by atoms with Crippen LogP contribution in [0.5, 0.6) is 34.5 Å². The first-order valence-corrected chi connectivity index (χ1v) is 11.9. The van der Waals surface area contributed by atoms with E-state index in [1.165, 1.54) is 35.4 Å². The maximum atomic E-state index is 11.7. The van der Waals surface area contributed by atoms with Gasteiger partial charge in [-0.1, -0.05) is 6.92 Å². The van der Waals surface area contributed by atoms with Crippen LogP contribution in [0.2, 0.25) is 0 Å². The normalized spacial score (nSPS) is 18.8. The van der Waals surface area contributed by atoms with Crippen LogP contribution in [0, 0.1) is 11.8 Å². The van der Waals surface area contributed by atoms with Gasteiger partial charge in [0.05, 0.1) is 41.7 Å². The van der Waals surface area contributed by atoms with Crippen molar-refractivity contribution in [2.24, 2.45) is 11.8 Å². The van der Waals surface area contributed by atoms with Crippen LogP contribution in [0.15, 0.2) is 18.2 Å². The predicted octanol–water partition coefficient (Wildman–Crippen LogP) is 4.04. The summed E-state index contributed by atoms with van der Waals surface area (Å²) in [5, 5.41) is 21.5. The Morgan fingerprint density at radius 2 is 1.53 bits per heavy atom. The monoisotopic (exact) mass is 504 g/mol. The molecule has 2 N–H and O–H groups in total. The SMILES string of the molecule is CCCOC[C@@H]1[C@@H](COC(C)=O)Cc2cc(OC)c(O)c(OC)c2[C@H]1c1cc(OC)c(O)c(OC)c1. The lowest BCUT2D eigenvalue weighted by Gasteiger charge is -2.40. The summed E-state index contributed by atoms with van der Waals surface area (Å²) >= 11 is 0. The van der Waals surface area contributed by atoms with Crippen LogP contribution >= 0.6 is 0 Å². The minimum atomic E-state index is -0.374. The highest BCUT2D eigenvalue weighted by Crippen LogP contribution is 2.54. The first-order chi connectivity index (χ1) is 17.3. The quantitative estimate of drug-likeness (QED) is 0.346. The molecule has 9 nitrogen and oxygen atoms in total. The Morgan fingerprint density at radius 3 is 2.06 bits per heavy atom. The molecule has 36 heavy (non-hydrogen) atoms. The van der Waals surface area contributed by atoms with Crippen LogP contribution in [-0.4, -0.2) is 64.4 Å². The van der Waals surface area contributed by atoms with Gasteiger partial charge in [-0.05, 0) is 48.1 Å². The molecule has 9 heteroatoms. The molecule has 0 saturated carbocycles. The van der Waals surface area contributed by atoms with Gasteiger partial charge in [-0.25, -0.2) is 0 Å². The van der Waals surface area contributed by atoms with Crippen LogP contribution in [0.4, 0.5) is 0 Å². The van der Waals surface area contributed by atoms with Crippen LogP contribution < -0.4 is 18.9 Å². The van der Waals surface area contributed by atoms with Crippen molar-refractivity contribution < 1.29 is 43.4 Å². The largest absolute Gasteiger partial charge is 0.502 e. The number of phenolic OH excluding ortho intramolecular Hbond substituents is 2. The maximum Gasteiger partial charge on any atom is 0.302 e. The summed E-state index contributed by atoms with van der Waals surface area (Å²) in [6, 6.07) is 5.28. The van der Waals surface area contributed by atoms with E-state index in [4.69, 9.17) is 28.4 Å². The van der Waals surface area contributed by atoms with E-state index >= 15 is 0 Å². The average molecular weight is 505 g/mol. The highest BCUT2D eigenvalue weighted by molar-refractivity contribution is 5.66. The fourth-order valence-corrected chi connectivity index (χ4v) is 4.99. The van der Waals surface area contributed by atoms with Gasteiger partial charge in [-0.3, -0.25) is 4.79 Å². The summed E-state index contributed by atoms with van der Waals surface area (Å²) in [5.41, 5.74) is 2.43. The third-order valence-corrected chi connectivity index (χ3v) is 6.62. The summed E-state index contributed by atoms with van der Waals surface area (Å²) in [6.07, 6.45) is 1.41. The number of ether oxygens (including phenoxy) is 6. The predicted molar refractivity (Wildman–Crippen MR) is 133 cm³/mol. The summed E-state index contributed by atoms with van der Waals surface area (Å²) < 4.78 is 33.5. The van der Waals surface area contributed by atoms with Crippen molar-refractivity contribution in [3.05, 3.63) is 34.9 Å². The van der Waals surface area contributed by atoms with Crippen molar-refractivity contribution in [1.82, 2.24) is 0 Å². The zero-order valence-corrected chi connectivity index (χ0v) is 21.8. The topological polar surface area (TPSA) is 113 Å². The number of carbonyl (C=O) groups is 1. The van der Waals surface area contributed by atoms with E-state index < -0.39 is 0 Å².